The standard InChI is InChI=1S/C17H28N2O2/c1-2-21-17-7-5-16(6-8-17)15-18-9-3-4-10-19-11-13-20-14-12-19/h5-8,18H,2-4,9-15H2,1H3. The maximum absolute atomic E-state index is 5.44. The van der Waals surface area contributed by atoms with Crippen molar-refractivity contribution in [2.75, 3.05) is 46.0 Å². The molecule has 21 heavy (non-hydrogen) atoms. The Labute approximate surface area is 128 Å². The summed E-state index contributed by atoms with van der Waals surface area (Å²) in [7, 11) is 0. The van der Waals surface area contributed by atoms with Crippen molar-refractivity contribution < 1.29 is 9.47 Å². The summed E-state index contributed by atoms with van der Waals surface area (Å²) in [5, 5.41) is 3.51. The smallest absolute Gasteiger partial charge is 0.119 e. The summed E-state index contributed by atoms with van der Waals surface area (Å²) in [5.41, 5.74) is 1.31. The van der Waals surface area contributed by atoms with E-state index in [-0.39, 0.29) is 0 Å². The van der Waals surface area contributed by atoms with Gasteiger partial charge in [0, 0.05) is 19.6 Å². The number of rotatable bonds is 9. The lowest BCUT2D eigenvalue weighted by molar-refractivity contribution is 0.0372. The van der Waals surface area contributed by atoms with E-state index >= 15 is 0 Å². The second kappa shape index (κ2) is 9.77. The number of hydrogen-bond acceptors (Lipinski definition) is 4. The average molecular weight is 292 g/mol. The molecule has 4 heteroatoms. The molecule has 1 aliphatic rings. The Balaban J connectivity index is 1.51. The van der Waals surface area contributed by atoms with Crippen LogP contribution in [0.2, 0.25) is 0 Å². The van der Waals surface area contributed by atoms with Crippen molar-refractivity contribution in [1.29, 1.82) is 0 Å². The monoisotopic (exact) mass is 292 g/mol. The van der Waals surface area contributed by atoms with Crippen LogP contribution in [-0.4, -0.2) is 50.9 Å². The van der Waals surface area contributed by atoms with Gasteiger partial charge in [0.1, 0.15) is 5.75 Å². The third-order valence-corrected chi connectivity index (χ3v) is 3.75. The first-order valence-electron chi connectivity index (χ1n) is 8.11. The Morgan fingerprint density at radius 2 is 1.90 bits per heavy atom. The minimum Gasteiger partial charge on any atom is -0.494 e. The van der Waals surface area contributed by atoms with Crippen molar-refractivity contribution >= 4 is 0 Å². The van der Waals surface area contributed by atoms with Gasteiger partial charge in [0.15, 0.2) is 0 Å². The zero-order valence-electron chi connectivity index (χ0n) is 13.1. The predicted molar refractivity (Wildman–Crippen MR) is 85.8 cm³/mol. The highest BCUT2D eigenvalue weighted by Gasteiger charge is 2.08. The Morgan fingerprint density at radius 1 is 1.14 bits per heavy atom. The molecule has 0 spiro atoms. The summed E-state index contributed by atoms with van der Waals surface area (Å²) >= 11 is 0. The number of morpholine rings is 1. The van der Waals surface area contributed by atoms with E-state index in [1.807, 2.05) is 19.1 Å². The van der Waals surface area contributed by atoms with E-state index in [1.165, 1.54) is 24.9 Å². The zero-order valence-corrected chi connectivity index (χ0v) is 13.1. The molecular weight excluding hydrogens is 264 g/mol. The van der Waals surface area contributed by atoms with Gasteiger partial charge in [-0.05, 0) is 50.6 Å². The Morgan fingerprint density at radius 3 is 2.62 bits per heavy atom. The van der Waals surface area contributed by atoms with E-state index in [0.717, 1.165) is 51.7 Å². The molecule has 1 N–H and O–H groups in total. The van der Waals surface area contributed by atoms with Crippen LogP contribution in [0.1, 0.15) is 25.3 Å². The molecule has 0 aromatic heterocycles. The molecule has 0 bridgehead atoms. The highest BCUT2D eigenvalue weighted by Crippen LogP contribution is 2.11. The maximum Gasteiger partial charge on any atom is 0.119 e. The quantitative estimate of drug-likeness (QED) is 0.708. The summed E-state index contributed by atoms with van der Waals surface area (Å²) in [5.74, 6) is 0.951. The molecule has 0 amide bonds. The highest BCUT2D eigenvalue weighted by atomic mass is 16.5. The summed E-state index contributed by atoms with van der Waals surface area (Å²) in [6, 6.07) is 8.34. The van der Waals surface area contributed by atoms with Crippen LogP contribution in [0.4, 0.5) is 0 Å². The predicted octanol–water partition coefficient (Wildman–Crippen LogP) is 2.29. The summed E-state index contributed by atoms with van der Waals surface area (Å²) < 4.78 is 10.8. The van der Waals surface area contributed by atoms with E-state index in [1.54, 1.807) is 0 Å². The number of unbranched alkanes of at least 4 members (excludes halogenated alkanes) is 1. The van der Waals surface area contributed by atoms with Crippen LogP contribution in [0.3, 0.4) is 0 Å². The number of benzene rings is 1. The van der Waals surface area contributed by atoms with Gasteiger partial charge in [-0.25, -0.2) is 0 Å². The fraction of sp³-hybridized carbons (Fsp3) is 0.647. The van der Waals surface area contributed by atoms with Gasteiger partial charge in [-0.3, -0.25) is 4.90 Å². The van der Waals surface area contributed by atoms with Gasteiger partial charge in [-0.15, -0.1) is 0 Å². The number of hydrogen-bond donors (Lipinski definition) is 1. The third kappa shape index (κ3) is 6.46. The molecule has 1 saturated heterocycles. The first-order valence-corrected chi connectivity index (χ1v) is 8.11. The lowest BCUT2D eigenvalue weighted by atomic mass is 10.2. The van der Waals surface area contributed by atoms with E-state index in [4.69, 9.17) is 9.47 Å². The van der Waals surface area contributed by atoms with Crippen molar-refractivity contribution in [2.24, 2.45) is 0 Å². The van der Waals surface area contributed by atoms with E-state index < -0.39 is 0 Å². The molecule has 4 nitrogen and oxygen atoms in total. The van der Waals surface area contributed by atoms with Gasteiger partial charge in [-0.1, -0.05) is 12.1 Å². The van der Waals surface area contributed by atoms with Crippen LogP contribution in [0.5, 0.6) is 5.75 Å². The first kappa shape index (κ1) is 16.3. The van der Waals surface area contributed by atoms with Crippen LogP contribution in [0.15, 0.2) is 24.3 Å². The molecule has 1 fully saturated rings. The second-order valence-electron chi connectivity index (χ2n) is 5.41. The molecule has 2 rings (SSSR count). The van der Waals surface area contributed by atoms with Crippen molar-refractivity contribution in [3.05, 3.63) is 29.8 Å². The fourth-order valence-corrected chi connectivity index (χ4v) is 2.51. The maximum atomic E-state index is 5.44. The second-order valence-corrected chi connectivity index (χ2v) is 5.41. The molecule has 0 saturated carbocycles. The SMILES string of the molecule is CCOc1ccc(CNCCCCN2CCOCC2)cc1. The number of ether oxygens (including phenoxy) is 2. The lowest BCUT2D eigenvalue weighted by Gasteiger charge is -2.26. The third-order valence-electron chi connectivity index (χ3n) is 3.75. The summed E-state index contributed by atoms with van der Waals surface area (Å²) in [6.07, 6.45) is 2.49. The van der Waals surface area contributed by atoms with Crippen LogP contribution >= 0.6 is 0 Å². The molecular formula is C17H28N2O2. The van der Waals surface area contributed by atoms with Gasteiger partial charge >= 0.3 is 0 Å². The molecule has 0 radical (unpaired) electrons. The Bertz CT molecular complexity index is 375. The van der Waals surface area contributed by atoms with Crippen molar-refractivity contribution in [2.45, 2.75) is 26.3 Å². The van der Waals surface area contributed by atoms with E-state index in [0.29, 0.717) is 0 Å². The van der Waals surface area contributed by atoms with Crippen molar-refractivity contribution in [1.82, 2.24) is 10.2 Å². The van der Waals surface area contributed by atoms with Gasteiger partial charge in [0.25, 0.3) is 0 Å². The minimum atomic E-state index is 0.723. The topological polar surface area (TPSA) is 33.7 Å². The van der Waals surface area contributed by atoms with E-state index in [2.05, 4.69) is 22.3 Å². The van der Waals surface area contributed by atoms with Crippen LogP contribution in [0, 0.1) is 0 Å². The van der Waals surface area contributed by atoms with Gasteiger partial charge in [0.05, 0.1) is 19.8 Å². The first-order chi connectivity index (χ1) is 10.4. The van der Waals surface area contributed by atoms with Gasteiger partial charge in [-0.2, -0.15) is 0 Å². The number of nitrogens with one attached hydrogen (secondary N) is 1. The fourth-order valence-electron chi connectivity index (χ4n) is 2.51. The molecule has 0 unspecified atom stereocenters. The average Bonchev–Trinajstić information content (AvgIpc) is 2.53. The van der Waals surface area contributed by atoms with Gasteiger partial charge < -0.3 is 14.8 Å². The lowest BCUT2D eigenvalue weighted by Crippen LogP contribution is -2.37. The molecule has 1 heterocycles. The zero-order chi connectivity index (χ0) is 14.8. The minimum absolute atomic E-state index is 0.723. The summed E-state index contributed by atoms with van der Waals surface area (Å²) in [4.78, 5) is 2.50. The molecule has 1 aliphatic heterocycles. The Hall–Kier alpha value is -1.10. The van der Waals surface area contributed by atoms with E-state index in [9.17, 15) is 0 Å². The normalized spacial score (nSPS) is 16.0. The van der Waals surface area contributed by atoms with Crippen LogP contribution in [0.25, 0.3) is 0 Å². The van der Waals surface area contributed by atoms with Crippen LogP contribution in [-0.2, 0) is 11.3 Å². The molecule has 1 aromatic carbocycles. The molecule has 0 aliphatic carbocycles. The Kier molecular flexibility index (Phi) is 7.57. The molecule has 118 valence electrons. The molecule has 1 aromatic rings. The number of nitrogens with zero attached hydrogens (tertiary/aromatic N) is 1. The van der Waals surface area contributed by atoms with Crippen LogP contribution < -0.4 is 10.1 Å². The van der Waals surface area contributed by atoms with Gasteiger partial charge in [0.2, 0.25) is 0 Å². The van der Waals surface area contributed by atoms with Crippen molar-refractivity contribution in [3.8, 4) is 5.75 Å². The highest BCUT2D eigenvalue weighted by molar-refractivity contribution is 5.27. The molecule has 0 atom stereocenters. The summed E-state index contributed by atoms with van der Waals surface area (Å²) in [6.45, 7) is 9.94. The largest absolute Gasteiger partial charge is 0.494 e. The van der Waals surface area contributed by atoms with Crippen molar-refractivity contribution in [3.63, 3.8) is 0 Å².